The van der Waals surface area contributed by atoms with Crippen molar-refractivity contribution in [3.63, 3.8) is 0 Å². The fourth-order valence-corrected chi connectivity index (χ4v) is 3.90. The van der Waals surface area contributed by atoms with E-state index in [0.29, 0.717) is 0 Å². The number of nitro benzene ring substituents is 1. The molecule has 2 aromatic carbocycles. The molecule has 2 aromatic rings. The van der Waals surface area contributed by atoms with E-state index in [1.54, 1.807) is 18.2 Å². The van der Waals surface area contributed by atoms with Crippen LogP contribution in [0.4, 0.5) is 24.5 Å². The van der Waals surface area contributed by atoms with Gasteiger partial charge in [0.2, 0.25) is 0 Å². The summed E-state index contributed by atoms with van der Waals surface area (Å²) in [6.45, 7) is 0. The standard InChI is InChI=1S/C19H15F3N2O3/c20-19(21,22)27-13-8-9-17-16(10-13)14-2-1-3-15(14)18(23-17)11-4-6-12(7-5-11)24(25)26/h1-2,4-10,14-15,18,23H,3H2/t14-,15+,18-/m1/s1. The number of alkyl halides is 3. The number of benzene rings is 2. The molecule has 140 valence electrons. The van der Waals surface area contributed by atoms with E-state index in [2.05, 4.69) is 10.1 Å². The summed E-state index contributed by atoms with van der Waals surface area (Å²) in [5.74, 6) is -0.172. The summed E-state index contributed by atoms with van der Waals surface area (Å²) in [6, 6.07) is 10.6. The molecule has 0 saturated heterocycles. The van der Waals surface area contributed by atoms with Crippen molar-refractivity contribution in [2.45, 2.75) is 24.7 Å². The molecule has 0 bridgehead atoms. The van der Waals surface area contributed by atoms with E-state index in [1.165, 1.54) is 24.3 Å². The summed E-state index contributed by atoms with van der Waals surface area (Å²) in [7, 11) is 0. The Labute approximate surface area is 152 Å². The smallest absolute Gasteiger partial charge is 0.406 e. The maximum absolute atomic E-state index is 12.5. The number of non-ortho nitro benzene ring substituents is 1. The van der Waals surface area contributed by atoms with Crippen LogP contribution in [0.25, 0.3) is 0 Å². The lowest BCUT2D eigenvalue weighted by Gasteiger charge is -2.37. The number of halogens is 3. The molecule has 1 N–H and O–H groups in total. The number of nitro groups is 1. The Kier molecular flexibility index (Phi) is 4.05. The third-order valence-electron chi connectivity index (χ3n) is 5.03. The van der Waals surface area contributed by atoms with Crippen molar-refractivity contribution in [2.24, 2.45) is 5.92 Å². The van der Waals surface area contributed by atoms with Crippen molar-refractivity contribution in [1.29, 1.82) is 0 Å². The Bertz CT molecular complexity index is 909. The topological polar surface area (TPSA) is 64.4 Å². The average Bonchev–Trinajstić information content (AvgIpc) is 3.10. The van der Waals surface area contributed by atoms with Gasteiger partial charge in [-0.05, 0) is 41.7 Å². The number of ether oxygens (including phenoxy) is 1. The number of hydrogen-bond acceptors (Lipinski definition) is 4. The lowest BCUT2D eigenvalue weighted by atomic mass is 9.77. The summed E-state index contributed by atoms with van der Waals surface area (Å²) in [5.41, 5.74) is 2.42. The second kappa shape index (κ2) is 6.29. The first kappa shape index (κ1) is 17.4. The predicted molar refractivity (Wildman–Crippen MR) is 92.6 cm³/mol. The van der Waals surface area contributed by atoms with Crippen LogP contribution in [0.15, 0.2) is 54.6 Å². The van der Waals surface area contributed by atoms with E-state index in [4.69, 9.17) is 0 Å². The summed E-state index contributed by atoms with van der Waals surface area (Å²) in [6.07, 6.45) is 0.0492. The van der Waals surface area contributed by atoms with E-state index >= 15 is 0 Å². The van der Waals surface area contributed by atoms with Gasteiger partial charge in [0.05, 0.1) is 11.0 Å². The normalized spacial score (nSPS) is 23.3. The predicted octanol–water partition coefficient (Wildman–Crippen LogP) is 5.32. The van der Waals surface area contributed by atoms with Crippen molar-refractivity contribution >= 4 is 11.4 Å². The van der Waals surface area contributed by atoms with Crippen LogP contribution in [0.2, 0.25) is 0 Å². The van der Waals surface area contributed by atoms with E-state index in [1.807, 2.05) is 12.2 Å². The number of rotatable bonds is 3. The summed E-state index contributed by atoms with van der Waals surface area (Å²) in [5, 5.41) is 14.2. The van der Waals surface area contributed by atoms with Gasteiger partial charge >= 0.3 is 6.36 Å². The Balaban J connectivity index is 1.67. The maximum Gasteiger partial charge on any atom is 0.573 e. The molecule has 1 aliphatic carbocycles. The number of anilines is 1. The second-order valence-electron chi connectivity index (χ2n) is 6.62. The van der Waals surface area contributed by atoms with Crippen LogP contribution in [0.1, 0.15) is 29.5 Å². The molecule has 0 amide bonds. The number of nitrogens with one attached hydrogen (secondary N) is 1. The van der Waals surface area contributed by atoms with Crippen LogP contribution < -0.4 is 10.1 Å². The van der Waals surface area contributed by atoms with Gasteiger partial charge in [-0.2, -0.15) is 0 Å². The lowest BCUT2D eigenvalue weighted by Crippen LogP contribution is -2.29. The van der Waals surface area contributed by atoms with E-state index in [0.717, 1.165) is 23.2 Å². The number of nitrogens with zero attached hydrogens (tertiary/aromatic N) is 1. The van der Waals surface area contributed by atoms with Gasteiger partial charge < -0.3 is 10.1 Å². The largest absolute Gasteiger partial charge is 0.573 e. The van der Waals surface area contributed by atoms with E-state index < -0.39 is 11.3 Å². The Hall–Kier alpha value is -3.03. The van der Waals surface area contributed by atoms with Crippen LogP contribution >= 0.6 is 0 Å². The van der Waals surface area contributed by atoms with Gasteiger partial charge in [-0.1, -0.05) is 24.3 Å². The van der Waals surface area contributed by atoms with Gasteiger partial charge in [0.25, 0.3) is 5.69 Å². The minimum absolute atomic E-state index is 0.0185. The van der Waals surface area contributed by atoms with Crippen LogP contribution in [0, 0.1) is 16.0 Å². The SMILES string of the molecule is O=[N+]([O-])c1ccc([C@H]2Nc3ccc(OC(F)(F)F)cc3[C@@H]3C=CC[C@H]23)cc1. The third-order valence-corrected chi connectivity index (χ3v) is 5.03. The minimum Gasteiger partial charge on any atom is -0.406 e. The molecule has 1 aliphatic heterocycles. The van der Waals surface area contributed by atoms with Crippen LogP contribution in [-0.4, -0.2) is 11.3 Å². The Morgan fingerprint density at radius 2 is 1.89 bits per heavy atom. The van der Waals surface area contributed by atoms with Gasteiger partial charge in [-0.15, -0.1) is 13.2 Å². The molecule has 5 nitrogen and oxygen atoms in total. The van der Waals surface area contributed by atoms with Crippen molar-refractivity contribution in [2.75, 3.05) is 5.32 Å². The van der Waals surface area contributed by atoms with Crippen LogP contribution in [-0.2, 0) is 0 Å². The molecule has 27 heavy (non-hydrogen) atoms. The maximum atomic E-state index is 12.5. The molecule has 0 radical (unpaired) electrons. The number of allylic oxidation sites excluding steroid dienone is 2. The molecule has 0 saturated carbocycles. The van der Waals surface area contributed by atoms with E-state index in [-0.39, 0.29) is 29.3 Å². The van der Waals surface area contributed by atoms with Crippen molar-refractivity contribution in [1.82, 2.24) is 0 Å². The second-order valence-corrected chi connectivity index (χ2v) is 6.62. The summed E-state index contributed by atoms with van der Waals surface area (Å²) >= 11 is 0. The first-order valence-electron chi connectivity index (χ1n) is 8.39. The molecule has 1 heterocycles. The van der Waals surface area contributed by atoms with Gasteiger partial charge in [0.15, 0.2) is 0 Å². The molecule has 0 unspecified atom stereocenters. The molecule has 4 rings (SSSR count). The molecule has 0 spiro atoms. The summed E-state index contributed by atoms with van der Waals surface area (Å²) < 4.78 is 41.6. The average molecular weight is 376 g/mol. The molecule has 0 fully saturated rings. The molecule has 3 atom stereocenters. The highest BCUT2D eigenvalue weighted by Gasteiger charge is 2.39. The van der Waals surface area contributed by atoms with Gasteiger partial charge in [-0.25, -0.2) is 0 Å². The van der Waals surface area contributed by atoms with Crippen LogP contribution in [0.3, 0.4) is 0 Å². The van der Waals surface area contributed by atoms with Crippen molar-refractivity contribution in [3.05, 3.63) is 75.9 Å². The summed E-state index contributed by atoms with van der Waals surface area (Å²) in [4.78, 5) is 10.4. The quantitative estimate of drug-likeness (QED) is 0.447. The highest BCUT2D eigenvalue weighted by molar-refractivity contribution is 5.62. The van der Waals surface area contributed by atoms with Gasteiger partial charge in [-0.3, -0.25) is 10.1 Å². The number of fused-ring (bicyclic) bond motifs is 3. The van der Waals surface area contributed by atoms with Gasteiger partial charge in [0.1, 0.15) is 5.75 Å². The third kappa shape index (κ3) is 3.34. The molecular formula is C19H15F3N2O3. The first-order chi connectivity index (χ1) is 12.8. The van der Waals surface area contributed by atoms with Gasteiger partial charge in [0, 0.05) is 23.7 Å². The van der Waals surface area contributed by atoms with Crippen molar-refractivity contribution in [3.8, 4) is 5.75 Å². The van der Waals surface area contributed by atoms with Crippen LogP contribution in [0.5, 0.6) is 5.75 Å². The fourth-order valence-electron chi connectivity index (χ4n) is 3.90. The molecule has 0 aromatic heterocycles. The highest BCUT2D eigenvalue weighted by Crippen LogP contribution is 2.50. The fraction of sp³-hybridized carbons (Fsp3) is 0.263. The monoisotopic (exact) mass is 376 g/mol. The lowest BCUT2D eigenvalue weighted by molar-refractivity contribution is -0.384. The zero-order chi connectivity index (χ0) is 19.2. The first-order valence-corrected chi connectivity index (χ1v) is 8.39. The molecular weight excluding hydrogens is 361 g/mol. The van der Waals surface area contributed by atoms with E-state index in [9.17, 15) is 23.3 Å². The molecule has 2 aliphatic rings. The Morgan fingerprint density at radius 3 is 2.56 bits per heavy atom. The van der Waals surface area contributed by atoms with Crippen molar-refractivity contribution < 1.29 is 22.8 Å². The number of hydrogen-bond donors (Lipinski definition) is 1. The zero-order valence-electron chi connectivity index (χ0n) is 13.9. The highest BCUT2D eigenvalue weighted by atomic mass is 19.4. The zero-order valence-corrected chi connectivity index (χ0v) is 13.9. The molecule has 8 heteroatoms. The minimum atomic E-state index is -4.73. The Morgan fingerprint density at radius 1 is 1.15 bits per heavy atom.